The maximum Gasteiger partial charge on any atom is 0.341 e. The van der Waals surface area contributed by atoms with Crippen molar-refractivity contribution in [2.24, 2.45) is 5.14 Å². The van der Waals surface area contributed by atoms with Gasteiger partial charge in [0, 0.05) is 24.3 Å². The highest BCUT2D eigenvalue weighted by Crippen LogP contribution is 2.30. The minimum Gasteiger partial charge on any atom is -0.496 e. The largest absolute Gasteiger partial charge is 0.496 e. The Bertz CT molecular complexity index is 2660. The molecule has 6 aromatic carbocycles. The summed E-state index contributed by atoms with van der Waals surface area (Å²) >= 11 is 6.76. The number of hydrogen-bond donors (Lipinski definition) is 5. The zero-order valence-electron chi connectivity index (χ0n) is 39.9. The second-order valence-electron chi connectivity index (χ2n) is 14.7. The molecular weight excluding hydrogens is 989 g/mol. The molecule has 0 radical (unpaired) electrons. The van der Waals surface area contributed by atoms with Crippen LogP contribution >= 0.6 is 25.6 Å². The Kier molecular flexibility index (Phi) is 23.8. The number of thiol groups is 2. The molecule has 0 aliphatic heterocycles. The molecule has 0 bridgehead atoms. The summed E-state index contributed by atoms with van der Waals surface area (Å²) in [7, 11) is 5.87. The van der Waals surface area contributed by atoms with Crippen LogP contribution in [-0.2, 0) is 36.0 Å². The Hall–Kier alpha value is -8.40. The van der Waals surface area contributed by atoms with Crippen LogP contribution in [-0.4, -0.2) is 83.8 Å². The number of carbonyl (C=O) groups is 6. The Labute approximate surface area is 431 Å². The van der Waals surface area contributed by atoms with Gasteiger partial charge in [0.25, 0.3) is 5.91 Å². The van der Waals surface area contributed by atoms with Gasteiger partial charge in [-0.3, -0.25) is 33.8 Å². The van der Waals surface area contributed by atoms with Crippen LogP contribution in [0.3, 0.4) is 0 Å². The highest BCUT2D eigenvalue weighted by atomic mass is 32.1. The number of nitrogens with one attached hydrogen (secondary N) is 1. The number of amides is 1. The first kappa shape index (κ1) is 57.2. The molecule has 6 aromatic rings. The molecule has 4 N–H and O–H groups in total. The predicted octanol–water partition coefficient (Wildman–Crippen LogP) is 7.57. The van der Waals surface area contributed by atoms with Gasteiger partial charge in [-0.25, -0.2) is 4.79 Å². The van der Waals surface area contributed by atoms with Gasteiger partial charge in [-0.15, -0.1) is 12.8 Å². The highest BCUT2D eigenvalue weighted by Gasteiger charge is 2.13. The van der Waals surface area contributed by atoms with Crippen molar-refractivity contribution in [2.45, 2.75) is 26.4 Å². The minimum absolute atomic E-state index is 0.142. The normalized spacial score (nSPS) is 10.0. The van der Waals surface area contributed by atoms with Crippen molar-refractivity contribution in [1.82, 2.24) is 4.72 Å². The van der Waals surface area contributed by atoms with Crippen LogP contribution in [0.15, 0.2) is 109 Å². The molecule has 1 amide bonds. The van der Waals surface area contributed by atoms with Crippen LogP contribution < -0.4 is 57.2 Å². The molecule has 0 aliphatic carbocycles. The molecule has 0 saturated carbocycles. The van der Waals surface area contributed by atoms with E-state index in [4.69, 9.17) is 52.5 Å². The maximum atomic E-state index is 11.6. The fourth-order valence-electron chi connectivity index (χ4n) is 6.46. The standard InChI is InChI=1S/C26H25NO8S.C26H24O9.H3NS/c1-31-24-10-21(5-3-19(24)12-28)33-14-17-7-18(9-23(8-17)35-16-26(30)27-36)15-34-22-6-4-20(13-29)25(11-22)32-2;1-31-24-10-21(5-3-19(24)12-27)33-14-17-7-18(9-23(8-17)35-16-26(29)30)15-34-22-6-4-20(13-28)25(11-22)32-2;1-2/h3-13,36H,14-16H2,1-2H3,(H,27,30);3-13H,14-16H2,1-2H3,(H,29,30);2H,1H2. The zero-order chi connectivity index (χ0) is 53.1. The monoisotopic (exact) mass is 1040 g/mol. The fraction of sp³-hybridized carbons (Fsp3) is 0.192. The van der Waals surface area contributed by atoms with Gasteiger partial charge in [0.05, 0.1) is 50.7 Å². The van der Waals surface area contributed by atoms with Crippen molar-refractivity contribution >= 4 is 62.7 Å². The number of aliphatic carboxylic acids is 1. The summed E-state index contributed by atoms with van der Waals surface area (Å²) in [6, 6.07) is 30.1. The van der Waals surface area contributed by atoms with Gasteiger partial charge in [0.15, 0.2) is 38.4 Å². The van der Waals surface area contributed by atoms with Gasteiger partial charge < -0.3 is 52.5 Å². The number of hydrogen-bond acceptors (Lipinski definition) is 19. The highest BCUT2D eigenvalue weighted by molar-refractivity contribution is 7.78. The van der Waals surface area contributed by atoms with Crippen LogP contribution in [0.2, 0.25) is 0 Å². The summed E-state index contributed by atoms with van der Waals surface area (Å²) in [5.74, 6) is 2.87. The van der Waals surface area contributed by atoms with E-state index >= 15 is 0 Å². The molecule has 19 nitrogen and oxygen atoms in total. The van der Waals surface area contributed by atoms with Crippen molar-refractivity contribution in [3.05, 3.63) is 154 Å². The third-order valence-electron chi connectivity index (χ3n) is 9.86. The van der Waals surface area contributed by atoms with Crippen molar-refractivity contribution in [1.29, 1.82) is 0 Å². The SMILES string of the molecule is COc1cc(OCc2cc(COc3ccc(C=O)c(OC)c3)cc(OCC(=O)NS)c2)ccc1C=O.COc1cc(OCc2cc(COc3ccc(C=O)c(OC)c3)cc(OCC(=O)O)c2)ccc1C=O.NS. The smallest absolute Gasteiger partial charge is 0.341 e. The van der Waals surface area contributed by atoms with E-state index in [2.05, 4.69) is 35.5 Å². The van der Waals surface area contributed by atoms with Crippen molar-refractivity contribution in [2.75, 3.05) is 41.7 Å². The summed E-state index contributed by atoms with van der Waals surface area (Å²) in [4.78, 5) is 66.9. The number of methoxy groups -OCH3 is 4. The van der Waals surface area contributed by atoms with Gasteiger partial charge >= 0.3 is 5.97 Å². The molecule has 0 unspecified atom stereocenters. The number of carbonyl (C=O) groups excluding carboxylic acids is 5. The summed E-state index contributed by atoms with van der Waals surface area (Å²) in [5.41, 5.74) is 4.56. The first-order valence-corrected chi connectivity index (χ1v) is 22.4. The van der Waals surface area contributed by atoms with E-state index < -0.39 is 18.5 Å². The second kappa shape index (κ2) is 30.4. The summed E-state index contributed by atoms with van der Waals surface area (Å²) in [6.45, 7) is -0.0869. The van der Waals surface area contributed by atoms with Gasteiger partial charge in [-0.1, -0.05) is 12.8 Å². The number of ether oxygens (including phenoxy) is 10. The number of rotatable bonds is 26. The Balaban J connectivity index is 0.000000306. The predicted molar refractivity (Wildman–Crippen MR) is 273 cm³/mol. The molecule has 6 rings (SSSR count). The summed E-state index contributed by atoms with van der Waals surface area (Å²) < 4.78 is 57.4. The van der Waals surface area contributed by atoms with Gasteiger partial charge in [0.1, 0.15) is 83.9 Å². The maximum absolute atomic E-state index is 11.6. The van der Waals surface area contributed by atoms with E-state index in [-0.39, 0.29) is 33.0 Å². The molecule has 73 heavy (non-hydrogen) atoms. The minimum atomic E-state index is -1.10. The van der Waals surface area contributed by atoms with E-state index in [9.17, 15) is 28.8 Å². The molecular formula is C52H52N2O17S2. The fourth-order valence-corrected chi connectivity index (χ4v) is 6.53. The third-order valence-corrected chi connectivity index (χ3v) is 10.1. The van der Waals surface area contributed by atoms with E-state index in [1.165, 1.54) is 28.4 Å². The lowest BCUT2D eigenvalue weighted by Gasteiger charge is -2.14. The lowest BCUT2D eigenvalue weighted by atomic mass is 10.1. The quantitative estimate of drug-likeness (QED) is 0.0259. The van der Waals surface area contributed by atoms with Gasteiger partial charge in [-0.2, -0.15) is 0 Å². The molecule has 0 aromatic heterocycles. The molecule has 21 heteroatoms. The lowest BCUT2D eigenvalue weighted by molar-refractivity contribution is -0.139. The zero-order valence-corrected chi connectivity index (χ0v) is 41.7. The molecule has 0 atom stereocenters. The van der Waals surface area contributed by atoms with Gasteiger partial charge in [-0.05, 0) is 107 Å². The topological polar surface area (TPSA) is 253 Å². The average Bonchev–Trinajstić information content (AvgIpc) is 3.43. The first-order chi connectivity index (χ1) is 35.4. The van der Waals surface area contributed by atoms with Crippen LogP contribution in [0, 0.1) is 0 Å². The van der Waals surface area contributed by atoms with Crippen molar-refractivity contribution in [3.8, 4) is 57.5 Å². The molecule has 0 spiro atoms. The first-order valence-electron chi connectivity index (χ1n) is 21.4. The third kappa shape index (κ3) is 18.1. The van der Waals surface area contributed by atoms with E-state index in [1.807, 2.05) is 12.1 Å². The molecule has 0 saturated heterocycles. The number of carboxylic acid groups (broad SMARTS) is 1. The molecule has 0 heterocycles. The van der Waals surface area contributed by atoms with E-state index in [1.54, 1.807) is 97.1 Å². The van der Waals surface area contributed by atoms with Crippen LogP contribution in [0.1, 0.15) is 63.7 Å². The van der Waals surface area contributed by atoms with E-state index in [0.717, 1.165) is 11.1 Å². The Morgan fingerprint density at radius 3 is 0.945 bits per heavy atom. The van der Waals surface area contributed by atoms with E-state index in [0.29, 0.717) is 116 Å². The molecule has 0 fully saturated rings. The number of carboxylic acids is 1. The van der Waals surface area contributed by atoms with Crippen molar-refractivity contribution < 1.29 is 81.2 Å². The number of aldehydes is 4. The Morgan fingerprint density at radius 1 is 0.438 bits per heavy atom. The van der Waals surface area contributed by atoms with Gasteiger partial charge in [0.2, 0.25) is 0 Å². The molecule has 384 valence electrons. The average molecular weight is 1040 g/mol. The van der Waals surface area contributed by atoms with Crippen LogP contribution in [0.25, 0.3) is 0 Å². The van der Waals surface area contributed by atoms with Crippen LogP contribution in [0.4, 0.5) is 0 Å². The summed E-state index contributed by atoms with van der Waals surface area (Å²) in [5, 5.41) is 13.1. The molecule has 0 aliphatic rings. The summed E-state index contributed by atoms with van der Waals surface area (Å²) in [6.07, 6.45) is 2.80. The lowest BCUT2D eigenvalue weighted by Crippen LogP contribution is -2.21. The van der Waals surface area contributed by atoms with Crippen molar-refractivity contribution in [3.63, 3.8) is 0 Å². The second-order valence-corrected chi connectivity index (χ2v) is 14.9. The number of benzene rings is 6. The Morgan fingerprint density at radius 2 is 0.712 bits per heavy atom. The van der Waals surface area contributed by atoms with Crippen LogP contribution in [0.5, 0.6) is 57.5 Å². The number of nitrogens with two attached hydrogens (primary N) is 1.